The summed E-state index contributed by atoms with van der Waals surface area (Å²) in [6.45, 7) is -0.0759. The molecule has 0 unspecified atom stereocenters. The monoisotopic (exact) mass is 223 g/mol. The van der Waals surface area contributed by atoms with Gasteiger partial charge in [-0.05, 0) is 11.4 Å². The van der Waals surface area contributed by atoms with Gasteiger partial charge < -0.3 is 9.47 Å². The van der Waals surface area contributed by atoms with Gasteiger partial charge in [0.1, 0.15) is 5.75 Å². The second-order valence-electron chi connectivity index (χ2n) is 2.81. The maximum Gasteiger partial charge on any atom is 0.343 e. The highest BCUT2D eigenvalue weighted by Gasteiger charge is 2.06. The molecule has 0 saturated heterocycles. The Morgan fingerprint density at radius 2 is 2.40 bits per heavy atom. The van der Waals surface area contributed by atoms with Crippen LogP contribution in [0, 0.1) is 0 Å². The van der Waals surface area contributed by atoms with Gasteiger partial charge in [0.05, 0.1) is 17.3 Å². The van der Waals surface area contributed by atoms with Gasteiger partial charge in [-0.3, -0.25) is 4.98 Å². The van der Waals surface area contributed by atoms with E-state index in [2.05, 4.69) is 9.72 Å². The molecule has 0 aliphatic heterocycles. The minimum atomic E-state index is -0.392. The van der Waals surface area contributed by atoms with Crippen molar-refractivity contribution in [2.75, 3.05) is 13.7 Å². The van der Waals surface area contributed by atoms with Crippen LogP contribution in [-0.2, 0) is 9.53 Å². The number of aromatic nitrogens is 1. The molecular weight excluding hydrogens is 214 g/mol. The molecule has 0 bridgehead atoms. The van der Waals surface area contributed by atoms with Crippen molar-refractivity contribution in [3.63, 3.8) is 0 Å². The Bertz CT molecular complexity index is 480. The molecular formula is C10H9NO3S. The van der Waals surface area contributed by atoms with E-state index in [0.717, 1.165) is 10.2 Å². The van der Waals surface area contributed by atoms with Gasteiger partial charge in [0.25, 0.3) is 0 Å². The van der Waals surface area contributed by atoms with Crippen molar-refractivity contribution in [1.29, 1.82) is 0 Å². The number of carbonyl (C=O) groups excluding carboxylic acids is 1. The van der Waals surface area contributed by atoms with Crippen LogP contribution in [0.4, 0.5) is 0 Å². The lowest BCUT2D eigenvalue weighted by molar-refractivity contribution is -0.142. The van der Waals surface area contributed by atoms with E-state index in [1.165, 1.54) is 18.4 Å². The fourth-order valence-electron chi connectivity index (χ4n) is 1.16. The van der Waals surface area contributed by atoms with Crippen molar-refractivity contribution in [2.45, 2.75) is 0 Å². The number of methoxy groups -OCH3 is 1. The summed E-state index contributed by atoms with van der Waals surface area (Å²) in [6, 6.07) is 3.65. The quantitative estimate of drug-likeness (QED) is 0.745. The molecule has 0 aromatic carbocycles. The molecule has 0 radical (unpaired) electrons. The highest BCUT2D eigenvalue weighted by Crippen LogP contribution is 2.28. The number of ether oxygens (including phenoxy) is 2. The van der Waals surface area contributed by atoms with Crippen LogP contribution in [0.5, 0.6) is 5.75 Å². The number of hydrogen-bond donors (Lipinski definition) is 0. The van der Waals surface area contributed by atoms with Crippen molar-refractivity contribution in [3.05, 3.63) is 23.7 Å². The Balaban J connectivity index is 2.20. The highest BCUT2D eigenvalue weighted by atomic mass is 32.1. The van der Waals surface area contributed by atoms with Gasteiger partial charge in [0.2, 0.25) is 0 Å². The predicted octanol–water partition coefficient (Wildman–Crippen LogP) is 1.85. The smallest absolute Gasteiger partial charge is 0.343 e. The van der Waals surface area contributed by atoms with Gasteiger partial charge in [0, 0.05) is 12.3 Å². The zero-order valence-corrected chi connectivity index (χ0v) is 8.91. The Hall–Kier alpha value is -1.62. The van der Waals surface area contributed by atoms with Gasteiger partial charge in [-0.25, -0.2) is 4.79 Å². The van der Waals surface area contributed by atoms with Gasteiger partial charge in [-0.1, -0.05) is 0 Å². The fraction of sp³-hybridized carbons (Fsp3) is 0.200. The lowest BCUT2D eigenvalue weighted by atomic mass is 10.4. The van der Waals surface area contributed by atoms with Gasteiger partial charge >= 0.3 is 5.97 Å². The van der Waals surface area contributed by atoms with E-state index in [9.17, 15) is 4.79 Å². The average molecular weight is 223 g/mol. The molecule has 0 aliphatic carbocycles. The lowest BCUT2D eigenvalue weighted by Gasteiger charge is -2.04. The van der Waals surface area contributed by atoms with Gasteiger partial charge in [-0.15, -0.1) is 11.3 Å². The summed E-state index contributed by atoms with van der Waals surface area (Å²) < 4.78 is 10.8. The minimum Gasteiger partial charge on any atom is -0.480 e. The van der Waals surface area contributed by atoms with Crippen molar-refractivity contribution in [1.82, 2.24) is 4.98 Å². The van der Waals surface area contributed by atoms with Crippen LogP contribution in [-0.4, -0.2) is 24.7 Å². The molecule has 4 nitrogen and oxygen atoms in total. The number of pyridine rings is 1. The van der Waals surface area contributed by atoms with E-state index in [1.807, 2.05) is 11.4 Å². The van der Waals surface area contributed by atoms with Crippen LogP contribution in [0.1, 0.15) is 0 Å². The molecule has 5 heteroatoms. The van der Waals surface area contributed by atoms with E-state index in [-0.39, 0.29) is 6.61 Å². The maximum absolute atomic E-state index is 10.9. The van der Waals surface area contributed by atoms with E-state index in [1.54, 1.807) is 12.3 Å². The van der Waals surface area contributed by atoms with Crippen LogP contribution in [0.25, 0.3) is 10.2 Å². The molecule has 2 heterocycles. The standard InChI is InChI=1S/C10H9NO3S/c1-13-9(12)6-14-8-2-4-11-7-3-5-15-10(7)8/h2-5H,6H2,1H3. The summed E-state index contributed by atoms with van der Waals surface area (Å²) in [4.78, 5) is 15.1. The second kappa shape index (κ2) is 4.27. The first-order valence-corrected chi connectivity index (χ1v) is 5.21. The predicted molar refractivity (Wildman–Crippen MR) is 57.1 cm³/mol. The molecule has 0 aliphatic rings. The first-order chi connectivity index (χ1) is 7.31. The summed E-state index contributed by atoms with van der Waals surface area (Å²) in [7, 11) is 1.33. The molecule has 2 rings (SSSR count). The van der Waals surface area contributed by atoms with E-state index in [4.69, 9.17) is 4.74 Å². The number of hydrogen-bond acceptors (Lipinski definition) is 5. The third-order valence-electron chi connectivity index (χ3n) is 1.88. The van der Waals surface area contributed by atoms with Crippen molar-refractivity contribution in [3.8, 4) is 5.75 Å². The summed E-state index contributed by atoms with van der Waals surface area (Å²) in [5.41, 5.74) is 0.877. The molecule has 0 saturated carbocycles. The zero-order valence-electron chi connectivity index (χ0n) is 8.10. The molecule has 2 aromatic heterocycles. The normalized spacial score (nSPS) is 10.2. The van der Waals surface area contributed by atoms with E-state index in [0.29, 0.717) is 5.75 Å². The summed E-state index contributed by atoms with van der Waals surface area (Å²) >= 11 is 1.53. The molecule has 15 heavy (non-hydrogen) atoms. The van der Waals surface area contributed by atoms with Crippen molar-refractivity contribution >= 4 is 27.5 Å². The van der Waals surface area contributed by atoms with Crippen molar-refractivity contribution < 1.29 is 14.3 Å². The molecule has 0 spiro atoms. The number of thiophene rings is 1. The zero-order chi connectivity index (χ0) is 10.7. The van der Waals surface area contributed by atoms with E-state index < -0.39 is 5.97 Å². The maximum atomic E-state index is 10.9. The topological polar surface area (TPSA) is 48.4 Å². The summed E-state index contributed by atoms with van der Waals surface area (Å²) in [5, 5.41) is 1.93. The highest BCUT2D eigenvalue weighted by molar-refractivity contribution is 7.17. The van der Waals surface area contributed by atoms with Gasteiger partial charge in [-0.2, -0.15) is 0 Å². The third kappa shape index (κ3) is 2.07. The van der Waals surface area contributed by atoms with Crippen LogP contribution in [0.15, 0.2) is 23.7 Å². The Labute approximate surface area is 90.5 Å². The molecule has 0 fully saturated rings. The fourth-order valence-corrected chi connectivity index (χ4v) is 1.98. The second-order valence-corrected chi connectivity index (χ2v) is 3.72. The number of fused-ring (bicyclic) bond motifs is 1. The number of carbonyl (C=O) groups is 1. The summed E-state index contributed by atoms with van der Waals surface area (Å²) in [5.74, 6) is 0.275. The van der Waals surface area contributed by atoms with E-state index >= 15 is 0 Å². The van der Waals surface area contributed by atoms with Crippen LogP contribution in [0.2, 0.25) is 0 Å². The average Bonchev–Trinajstić information content (AvgIpc) is 2.74. The van der Waals surface area contributed by atoms with Crippen molar-refractivity contribution in [2.24, 2.45) is 0 Å². The SMILES string of the molecule is COC(=O)COc1ccnc2ccsc12. The van der Waals surface area contributed by atoms with Crippen LogP contribution < -0.4 is 4.74 Å². The summed E-state index contributed by atoms with van der Waals surface area (Å²) in [6.07, 6.45) is 1.65. The Morgan fingerprint density at radius 1 is 1.53 bits per heavy atom. The number of nitrogens with zero attached hydrogens (tertiary/aromatic N) is 1. The number of rotatable bonds is 3. The molecule has 0 N–H and O–H groups in total. The lowest BCUT2D eigenvalue weighted by Crippen LogP contribution is -2.12. The third-order valence-corrected chi connectivity index (χ3v) is 2.80. The number of esters is 1. The van der Waals surface area contributed by atoms with Crippen LogP contribution >= 0.6 is 11.3 Å². The van der Waals surface area contributed by atoms with Crippen LogP contribution in [0.3, 0.4) is 0 Å². The minimum absolute atomic E-state index is 0.0759. The Morgan fingerprint density at radius 3 is 3.20 bits per heavy atom. The molecule has 78 valence electrons. The largest absolute Gasteiger partial charge is 0.480 e. The molecule has 0 atom stereocenters. The Kier molecular flexibility index (Phi) is 2.82. The first kappa shape index (κ1) is 9.92. The van der Waals surface area contributed by atoms with Gasteiger partial charge in [0.15, 0.2) is 6.61 Å². The first-order valence-electron chi connectivity index (χ1n) is 4.33. The molecule has 2 aromatic rings. The molecule has 0 amide bonds.